The number of methoxy groups -OCH3 is 1. The number of nitrogens with zero attached hydrogens (tertiary/aromatic N) is 1. The van der Waals surface area contributed by atoms with Gasteiger partial charge in [0, 0.05) is 44.1 Å². The number of thioether (sulfide) groups is 1. The minimum Gasteiger partial charge on any atom is -0.383 e. The summed E-state index contributed by atoms with van der Waals surface area (Å²) in [6.45, 7) is 8.77. The molecule has 0 spiro atoms. The largest absolute Gasteiger partial charge is 0.383 e. The molecule has 3 nitrogen and oxygen atoms in total. The highest BCUT2D eigenvalue weighted by Gasteiger charge is 2.33. The summed E-state index contributed by atoms with van der Waals surface area (Å²) < 4.78 is 5.27. The van der Waals surface area contributed by atoms with Gasteiger partial charge in [0.05, 0.1) is 6.61 Å². The highest BCUT2D eigenvalue weighted by Crippen LogP contribution is 2.23. The zero-order valence-corrected chi connectivity index (χ0v) is 12.6. The molecule has 0 amide bonds. The fraction of sp³-hybridized carbons (Fsp3) is 1.00. The topological polar surface area (TPSA) is 24.5 Å². The van der Waals surface area contributed by atoms with Crippen molar-refractivity contribution in [2.24, 2.45) is 0 Å². The summed E-state index contributed by atoms with van der Waals surface area (Å²) in [6.07, 6.45) is 4.70. The molecule has 1 N–H and O–H groups in total. The molecular formula is C13H28N2OS. The van der Waals surface area contributed by atoms with Gasteiger partial charge in [0.2, 0.25) is 0 Å². The predicted molar refractivity (Wildman–Crippen MR) is 76.9 cm³/mol. The van der Waals surface area contributed by atoms with E-state index < -0.39 is 0 Å². The van der Waals surface area contributed by atoms with Crippen molar-refractivity contribution in [3.05, 3.63) is 0 Å². The third-order valence-electron chi connectivity index (χ3n) is 3.82. The van der Waals surface area contributed by atoms with Gasteiger partial charge >= 0.3 is 0 Å². The van der Waals surface area contributed by atoms with E-state index in [1.165, 1.54) is 12.8 Å². The van der Waals surface area contributed by atoms with Crippen LogP contribution >= 0.6 is 11.8 Å². The van der Waals surface area contributed by atoms with E-state index in [-0.39, 0.29) is 0 Å². The third kappa shape index (κ3) is 4.12. The van der Waals surface area contributed by atoms with Crippen molar-refractivity contribution >= 4 is 11.8 Å². The summed E-state index contributed by atoms with van der Waals surface area (Å²) in [5.74, 6) is 0. The monoisotopic (exact) mass is 260 g/mol. The Balaban J connectivity index is 2.66. The average Bonchev–Trinajstić information content (AvgIpc) is 2.82. The Bertz CT molecular complexity index is 200. The second-order valence-electron chi connectivity index (χ2n) is 4.70. The Morgan fingerprint density at radius 2 is 2.06 bits per heavy atom. The zero-order chi connectivity index (χ0) is 12.7. The van der Waals surface area contributed by atoms with Gasteiger partial charge in [0.25, 0.3) is 0 Å². The standard InChI is InChI=1S/C13H28N2OS/c1-5-11(6-2)15(7-8-16-3)12-9-14-10-13(12)17-4/h11-14H,5-10H2,1-4H3. The number of hydrogen-bond donors (Lipinski definition) is 1. The summed E-state index contributed by atoms with van der Waals surface area (Å²) in [5, 5.41) is 4.26. The van der Waals surface area contributed by atoms with Crippen LogP contribution in [-0.2, 0) is 4.74 Å². The Morgan fingerprint density at radius 3 is 2.59 bits per heavy atom. The molecule has 1 aliphatic rings. The highest BCUT2D eigenvalue weighted by molar-refractivity contribution is 7.99. The molecule has 102 valence electrons. The molecule has 0 aromatic heterocycles. The van der Waals surface area contributed by atoms with Gasteiger partial charge in [-0.05, 0) is 19.1 Å². The van der Waals surface area contributed by atoms with E-state index in [9.17, 15) is 0 Å². The van der Waals surface area contributed by atoms with Gasteiger partial charge in [0.15, 0.2) is 0 Å². The summed E-state index contributed by atoms with van der Waals surface area (Å²) in [4.78, 5) is 2.67. The molecule has 1 rings (SSSR count). The quantitative estimate of drug-likeness (QED) is 0.719. The van der Waals surface area contributed by atoms with Crippen LogP contribution in [0.4, 0.5) is 0 Å². The predicted octanol–water partition coefficient (Wildman–Crippen LogP) is 1.83. The summed E-state index contributed by atoms with van der Waals surface area (Å²) in [5.41, 5.74) is 0. The Morgan fingerprint density at radius 1 is 1.35 bits per heavy atom. The molecule has 2 atom stereocenters. The van der Waals surface area contributed by atoms with E-state index in [0.717, 1.165) is 31.5 Å². The van der Waals surface area contributed by atoms with Crippen LogP contribution in [0, 0.1) is 0 Å². The summed E-state index contributed by atoms with van der Waals surface area (Å²) in [6, 6.07) is 1.37. The van der Waals surface area contributed by atoms with Crippen LogP contribution in [0.25, 0.3) is 0 Å². The minimum absolute atomic E-state index is 0.671. The van der Waals surface area contributed by atoms with Crippen LogP contribution in [0.5, 0.6) is 0 Å². The first kappa shape index (κ1) is 15.3. The first-order valence-corrected chi connectivity index (χ1v) is 8.05. The van der Waals surface area contributed by atoms with Gasteiger partial charge in [-0.1, -0.05) is 13.8 Å². The van der Waals surface area contributed by atoms with Crippen molar-refractivity contribution < 1.29 is 4.74 Å². The normalized spacial score (nSPS) is 25.1. The van der Waals surface area contributed by atoms with Crippen LogP contribution in [0.1, 0.15) is 26.7 Å². The van der Waals surface area contributed by atoms with Gasteiger partial charge in [-0.15, -0.1) is 0 Å². The minimum atomic E-state index is 0.671. The molecule has 1 aliphatic heterocycles. The lowest BCUT2D eigenvalue weighted by Crippen LogP contribution is -2.49. The fourth-order valence-electron chi connectivity index (χ4n) is 2.79. The molecule has 2 unspecified atom stereocenters. The van der Waals surface area contributed by atoms with Crippen LogP contribution in [0.3, 0.4) is 0 Å². The lowest BCUT2D eigenvalue weighted by molar-refractivity contribution is 0.0875. The molecule has 1 heterocycles. The maximum absolute atomic E-state index is 5.27. The van der Waals surface area contributed by atoms with Crippen LogP contribution in [-0.4, -0.2) is 61.8 Å². The summed E-state index contributed by atoms with van der Waals surface area (Å²) in [7, 11) is 1.80. The van der Waals surface area contributed by atoms with E-state index in [1.807, 2.05) is 11.8 Å². The first-order valence-electron chi connectivity index (χ1n) is 6.76. The molecule has 0 aromatic carbocycles. The zero-order valence-electron chi connectivity index (χ0n) is 11.7. The second-order valence-corrected chi connectivity index (χ2v) is 5.78. The molecule has 0 saturated carbocycles. The molecule has 0 aliphatic carbocycles. The van der Waals surface area contributed by atoms with Gasteiger partial charge in [-0.2, -0.15) is 11.8 Å². The van der Waals surface area contributed by atoms with Crippen molar-refractivity contribution in [2.75, 3.05) is 39.6 Å². The lowest BCUT2D eigenvalue weighted by atomic mass is 10.1. The van der Waals surface area contributed by atoms with Crippen LogP contribution in [0.15, 0.2) is 0 Å². The number of rotatable bonds is 8. The Kier molecular flexibility index (Phi) is 7.51. The van der Waals surface area contributed by atoms with Gasteiger partial charge < -0.3 is 10.1 Å². The highest BCUT2D eigenvalue weighted by atomic mass is 32.2. The molecule has 1 fully saturated rings. The molecule has 0 radical (unpaired) electrons. The number of ether oxygens (including phenoxy) is 1. The lowest BCUT2D eigenvalue weighted by Gasteiger charge is -2.37. The number of nitrogens with one attached hydrogen (secondary N) is 1. The molecule has 17 heavy (non-hydrogen) atoms. The van der Waals surface area contributed by atoms with Crippen LogP contribution < -0.4 is 5.32 Å². The second kappa shape index (κ2) is 8.35. The van der Waals surface area contributed by atoms with E-state index in [2.05, 4.69) is 30.3 Å². The van der Waals surface area contributed by atoms with Crippen molar-refractivity contribution in [2.45, 2.75) is 44.0 Å². The van der Waals surface area contributed by atoms with Crippen molar-refractivity contribution in [3.63, 3.8) is 0 Å². The SMILES string of the molecule is CCC(CC)N(CCOC)C1CNCC1SC. The van der Waals surface area contributed by atoms with Gasteiger partial charge in [-0.3, -0.25) is 4.90 Å². The summed E-state index contributed by atoms with van der Waals surface area (Å²) >= 11 is 2.00. The van der Waals surface area contributed by atoms with Crippen molar-refractivity contribution in [3.8, 4) is 0 Å². The maximum Gasteiger partial charge on any atom is 0.0589 e. The van der Waals surface area contributed by atoms with Crippen molar-refractivity contribution in [1.29, 1.82) is 0 Å². The third-order valence-corrected chi connectivity index (χ3v) is 4.91. The van der Waals surface area contributed by atoms with E-state index in [4.69, 9.17) is 4.74 Å². The Labute approximate surface area is 111 Å². The molecule has 0 aromatic rings. The fourth-order valence-corrected chi connectivity index (χ4v) is 3.64. The smallest absolute Gasteiger partial charge is 0.0589 e. The molecule has 4 heteroatoms. The van der Waals surface area contributed by atoms with E-state index in [0.29, 0.717) is 12.1 Å². The van der Waals surface area contributed by atoms with Gasteiger partial charge in [-0.25, -0.2) is 0 Å². The van der Waals surface area contributed by atoms with E-state index in [1.54, 1.807) is 7.11 Å². The number of hydrogen-bond acceptors (Lipinski definition) is 4. The average molecular weight is 260 g/mol. The molecular weight excluding hydrogens is 232 g/mol. The first-order chi connectivity index (χ1) is 8.28. The van der Waals surface area contributed by atoms with Gasteiger partial charge in [0.1, 0.15) is 0 Å². The maximum atomic E-state index is 5.27. The van der Waals surface area contributed by atoms with Crippen molar-refractivity contribution in [1.82, 2.24) is 10.2 Å². The van der Waals surface area contributed by atoms with E-state index >= 15 is 0 Å². The molecule has 1 saturated heterocycles. The van der Waals surface area contributed by atoms with Crippen LogP contribution in [0.2, 0.25) is 0 Å². The Hall–Kier alpha value is 0.230. The molecule has 0 bridgehead atoms.